The summed E-state index contributed by atoms with van der Waals surface area (Å²) in [5.74, 6) is -3.12. The van der Waals surface area contributed by atoms with Crippen LogP contribution < -0.4 is 10.2 Å². The topological polar surface area (TPSA) is 88.2 Å². The molecule has 0 saturated carbocycles. The molecule has 0 atom stereocenters. The molecule has 3 amide bonds. The highest BCUT2D eigenvalue weighted by Gasteiger charge is 2.33. The fourth-order valence-corrected chi connectivity index (χ4v) is 3.80. The van der Waals surface area contributed by atoms with Crippen molar-refractivity contribution in [1.82, 2.24) is 4.90 Å². The van der Waals surface area contributed by atoms with Crippen molar-refractivity contribution in [3.63, 3.8) is 0 Å². The van der Waals surface area contributed by atoms with Crippen molar-refractivity contribution in [3.05, 3.63) is 59.7 Å². The van der Waals surface area contributed by atoms with E-state index in [-0.39, 0.29) is 11.7 Å². The Morgan fingerprint density at radius 3 is 2.23 bits per heavy atom. The lowest BCUT2D eigenvalue weighted by atomic mass is 10.0. The van der Waals surface area contributed by atoms with E-state index in [1.807, 2.05) is 0 Å². The summed E-state index contributed by atoms with van der Waals surface area (Å²) in [5, 5.41) is 2.45. The molecule has 0 aliphatic carbocycles. The van der Waals surface area contributed by atoms with Crippen LogP contribution in [0.4, 0.5) is 29.7 Å². The maximum atomic E-state index is 14.5. The summed E-state index contributed by atoms with van der Waals surface area (Å²) in [4.78, 5) is 40.6. The third-order valence-corrected chi connectivity index (χ3v) is 5.44. The second kappa shape index (κ2) is 10.7. The van der Waals surface area contributed by atoms with E-state index in [4.69, 9.17) is 4.74 Å². The summed E-state index contributed by atoms with van der Waals surface area (Å²) in [5.41, 5.74) is -0.909. The molecule has 1 saturated heterocycles. The van der Waals surface area contributed by atoms with E-state index in [1.54, 1.807) is 56.0 Å². The van der Waals surface area contributed by atoms with Gasteiger partial charge in [-0.05, 0) is 51.8 Å². The molecular formula is C25H29F2N3O5. The summed E-state index contributed by atoms with van der Waals surface area (Å²) in [6.07, 6.45) is 0.497. The molecule has 10 heteroatoms. The number of carbonyl (C=O) groups excluding carboxylic acids is 3. The van der Waals surface area contributed by atoms with Gasteiger partial charge in [0.15, 0.2) is 0 Å². The Labute approximate surface area is 202 Å². The summed E-state index contributed by atoms with van der Waals surface area (Å²) < 4.78 is 38.4. The second-order valence-corrected chi connectivity index (χ2v) is 9.14. The average Bonchev–Trinajstić information content (AvgIpc) is 2.80. The molecule has 2 aromatic carbocycles. The van der Waals surface area contributed by atoms with Crippen LogP contribution >= 0.6 is 0 Å². The number of methoxy groups -OCH3 is 1. The molecule has 3 rings (SSSR count). The van der Waals surface area contributed by atoms with Crippen molar-refractivity contribution < 1.29 is 32.6 Å². The number of benzene rings is 2. The summed E-state index contributed by atoms with van der Waals surface area (Å²) in [6.45, 7) is 6.11. The molecule has 2 aromatic rings. The zero-order valence-corrected chi connectivity index (χ0v) is 20.1. The lowest BCUT2D eigenvalue weighted by molar-refractivity contribution is 0.0206. The van der Waals surface area contributed by atoms with Crippen molar-refractivity contribution in [2.75, 3.05) is 30.4 Å². The smallest absolute Gasteiger partial charge is 0.410 e. The Morgan fingerprint density at radius 2 is 1.66 bits per heavy atom. The van der Waals surface area contributed by atoms with Crippen LogP contribution in [0.1, 0.15) is 44.0 Å². The van der Waals surface area contributed by atoms with E-state index in [0.29, 0.717) is 37.7 Å². The molecule has 8 nitrogen and oxygen atoms in total. The Hall–Kier alpha value is -3.69. The van der Waals surface area contributed by atoms with Crippen molar-refractivity contribution in [2.45, 2.75) is 45.3 Å². The van der Waals surface area contributed by atoms with E-state index in [0.717, 1.165) is 13.2 Å². The molecule has 188 valence electrons. The van der Waals surface area contributed by atoms with Gasteiger partial charge in [-0.3, -0.25) is 4.90 Å². The largest absolute Gasteiger partial charge is 0.465 e. The molecule has 1 fully saturated rings. The number of anilines is 2. The Morgan fingerprint density at radius 1 is 1.03 bits per heavy atom. The van der Waals surface area contributed by atoms with Gasteiger partial charge >= 0.3 is 18.1 Å². The number of hydrogen-bond donors (Lipinski definition) is 1. The lowest BCUT2D eigenvalue weighted by Crippen LogP contribution is -2.51. The molecule has 0 spiro atoms. The maximum absolute atomic E-state index is 14.5. The van der Waals surface area contributed by atoms with Crippen molar-refractivity contribution in [1.29, 1.82) is 0 Å². The number of likely N-dealkylation sites (tertiary alicyclic amines) is 1. The van der Waals surface area contributed by atoms with Gasteiger partial charge in [-0.2, -0.15) is 0 Å². The summed E-state index contributed by atoms with van der Waals surface area (Å²) >= 11 is 0. The molecule has 1 aliphatic heterocycles. The van der Waals surface area contributed by atoms with Gasteiger partial charge in [-0.25, -0.2) is 23.2 Å². The van der Waals surface area contributed by atoms with E-state index in [1.165, 1.54) is 4.90 Å². The van der Waals surface area contributed by atoms with E-state index in [2.05, 4.69) is 10.1 Å². The quantitative estimate of drug-likeness (QED) is 0.598. The van der Waals surface area contributed by atoms with Gasteiger partial charge in [0.25, 0.3) is 0 Å². The number of hydrogen-bond acceptors (Lipinski definition) is 5. The number of nitrogens with one attached hydrogen (secondary N) is 1. The highest BCUT2D eigenvalue weighted by Crippen LogP contribution is 2.27. The van der Waals surface area contributed by atoms with Gasteiger partial charge in [0.05, 0.1) is 18.4 Å². The van der Waals surface area contributed by atoms with Gasteiger partial charge < -0.3 is 19.7 Å². The number of ether oxygens (including phenoxy) is 2. The second-order valence-electron chi connectivity index (χ2n) is 9.14. The Balaban J connectivity index is 1.81. The number of carbonyl (C=O) groups is 3. The molecule has 1 heterocycles. The van der Waals surface area contributed by atoms with Crippen LogP contribution in [0.15, 0.2) is 42.5 Å². The van der Waals surface area contributed by atoms with Crippen LogP contribution in [0, 0.1) is 11.6 Å². The fraction of sp³-hybridized carbons (Fsp3) is 0.400. The normalized spacial score (nSPS) is 14.3. The van der Waals surface area contributed by atoms with Crippen LogP contribution in [-0.4, -0.2) is 54.8 Å². The molecule has 0 aromatic heterocycles. The zero-order valence-electron chi connectivity index (χ0n) is 20.1. The predicted octanol–water partition coefficient (Wildman–Crippen LogP) is 5.19. The van der Waals surface area contributed by atoms with Gasteiger partial charge in [0.1, 0.15) is 17.2 Å². The number of piperidine rings is 1. The monoisotopic (exact) mass is 489 g/mol. The SMILES string of the molecule is COC(=O)c1cc(NC(=O)N(c2ccccc2)C2CCN(C(=O)OC(C)(C)C)CC2)c(F)cc1F. The number of nitrogens with zero attached hydrogens (tertiary/aromatic N) is 2. The van der Waals surface area contributed by atoms with Crippen molar-refractivity contribution in [3.8, 4) is 0 Å². The highest BCUT2D eigenvalue weighted by atomic mass is 19.1. The lowest BCUT2D eigenvalue weighted by Gasteiger charge is -2.38. The molecule has 35 heavy (non-hydrogen) atoms. The van der Waals surface area contributed by atoms with Crippen LogP contribution in [0.25, 0.3) is 0 Å². The first-order valence-corrected chi connectivity index (χ1v) is 11.2. The average molecular weight is 490 g/mol. The van der Waals surface area contributed by atoms with Crippen LogP contribution in [0.3, 0.4) is 0 Å². The van der Waals surface area contributed by atoms with Gasteiger partial charge in [0.2, 0.25) is 0 Å². The third kappa shape index (κ3) is 6.46. The minimum atomic E-state index is -1.10. The number of urea groups is 1. The maximum Gasteiger partial charge on any atom is 0.410 e. The first-order chi connectivity index (χ1) is 16.5. The van der Waals surface area contributed by atoms with E-state index >= 15 is 0 Å². The van der Waals surface area contributed by atoms with E-state index in [9.17, 15) is 23.2 Å². The molecule has 1 aliphatic rings. The first kappa shape index (κ1) is 25.9. The van der Waals surface area contributed by atoms with E-state index < -0.39 is 40.9 Å². The number of para-hydroxylation sites is 1. The Kier molecular flexibility index (Phi) is 7.93. The summed E-state index contributed by atoms with van der Waals surface area (Å²) in [7, 11) is 1.07. The molecule has 0 unspecified atom stereocenters. The number of halogens is 2. The van der Waals surface area contributed by atoms with Gasteiger partial charge in [0, 0.05) is 30.9 Å². The third-order valence-electron chi connectivity index (χ3n) is 5.44. The van der Waals surface area contributed by atoms with Crippen LogP contribution in [0.2, 0.25) is 0 Å². The number of amides is 3. The minimum Gasteiger partial charge on any atom is -0.465 e. The fourth-order valence-electron chi connectivity index (χ4n) is 3.80. The van der Waals surface area contributed by atoms with Crippen LogP contribution in [0.5, 0.6) is 0 Å². The molecular weight excluding hydrogens is 460 g/mol. The zero-order chi connectivity index (χ0) is 25.8. The van der Waals surface area contributed by atoms with Crippen molar-refractivity contribution in [2.24, 2.45) is 0 Å². The summed E-state index contributed by atoms with van der Waals surface area (Å²) in [6, 6.07) is 9.26. The van der Waals surface area contributed by atoms with Gasteiger partial charge in [-0.15, -0.1) is 0 Å². The first-order valence-electron chi connectivity index (χ1n) is 11.2. The molecule has 0 radical (unpaired) electrons. The van der Waals surface area contributed by atoms with Gasteiger partial charge in [-0.1, -0.05) is 18.2 Å². The molecule has 1 N–H and O–H groups in total. The number of rotatable bonds is 4. The number of esters is 1. The van der Waals surface area contributed by atoms with Crippen molar-refractivity contribution >= 4 is 29.5 Å². The highest BCUT2D eigenvalue weighted by molar-refractivity contribution is 6.03. The molecule has 0 bridgehead atoms. The van der Waals surface area contributed by atoms with Crippen LogP contribution in [-0.2, 0) is 9.47 Å². The predicted molar refractivity (Wildman–Crippen MR) is 126 cm³/mol. The minimum absolute atomic E-state index is 0.306. The standard InChI is InChI=1S/C25H29F2N3O5/c1-25(2,3)35-24(33)29-12-10-17(11-13-29)30(16-8-6-5-7-9-16)23(32)28-21-14-18(22(31)34-4)19(26)15-20(21)27/h5-9,14-15,17H,10-13H2,1-4H3,(H,28,32). The Bertz CT molecular complexity index is 1080.